The normalized spacial score (nSPS) is 11.3. The zero-order valence-electron chi connectivity index (χ0n) is 12.7. The molecule has 2 aromatic rings. The van der Waals surface area contributed by atoms with Gasteiger partial charge in [0.2, 0.25) is 0 Å². The minimum Gasteiger partial charge on any atom is -0.370 e. The highest BCUT2D eigenvalue weighted by Crippen LogP contribution is 2.29. The monoisotopic (exact) mass is 256 g/mol. The molecule has 0 radical (unpaired) electrons. The van der Waals surface area contributed by atoms with E-state index in [1.165, 1.54) is 22.1 Å². The number of pyridine rings is 1. The molecule has 0 aliphatic heterocycles. The number of hydrogen-bond donors (Lipinski definition) is 1. The highest BCUT2D eigenvalue weighted by molar-refractivity contribution is 5.85. The molecule has 2 heteroatoms. The fraction of sp³-hybridized carbons (Fsp3) is 0.471. The van der Waals surface area contributed by atoms with Gasteiger partial charge in [0.05, 0.1) is 5.52 Å². The second-order valence-corrected chi connectivity index (χ2v) is 5.66. The summed E-state index contributed by atoms with van der Waals surface area (Å²) in [6.07, 6.45) is 1.12. The van der Waals surface area contributed by atoms with Crippen LogP contribution in [0.25, 0.3) is 10.9 Å². The topological polar surface area (TPSA) is 24.9 Å². The first-order chi connectivity index (χ1) is 9.02. The minimum atomic E-state index is 0.483. The van der Waals surface area contributed by atoms with E-state index in [0.29, 0.717) is 5.92 Å². The molecule has 0 fully saturated rings. The molecule has 0 spiro atoms. The van der Waals surface area contributed by atoms with Gasteiger partial charge in [-0.3, -0.25) is 0 Å². The summed E-state index contributed by atoms with van der Waals surface area (Å²) in [6.45, 7) is 11.9. The summed E-state index contributed by atoms with van der Waals surface area (Å²) in [7, 11) is 0. The Bertz CT molecular complexity index is 585. The average molecular weight is 256 g/mol. The maximum atomic E-state index is 4.86. The average Bonchev–Trinajstić information content (AvgIpc) is 2.35. The van der Waals surface area contributed by atoms with Crippen LogP contribution in [0, 0.1) is 13.8 Å². The number of aromatic nitrogens is 1. The molecule has 102 valence electrons. The van der Waals surface area contributed by atoms with Gasteiger partial charge in [0.1, 0.15) is 5.82 Å². The number of hydrogen-bond acceptors (Lipinski definition) is 2. The Morgan fingerprint density at radius 1 is 1.16 bits per heavy atom. The molecule has 0 bridgehead atoms. The number of nitrogens with zero attached hydrogens (tertiary/aromatic N) is 1. The number of nitrogens with one attached hydrogen (secondary N) is 1. The van der Waals surface area contributed by atoms with Gasteiger partial charge in [-0.1, -0.05) is 32.4 Å². The van der Waals surface area contributed by atoms with Gasteiger partial charge in [-0.2, -0.15) is 0 Å². The van der Waals surface area contributed by atoms with Crippen molar-refractivity contribution in [1.29, 1.82) is 0 Å². The van der Waals surface area contributed by atoms with Crippen LogP contribution in [0.15, 0.2) is 18.2 Å². The predicted octanol–water partition coefficient (Wildman–Crippen LogP) is 4.80. The van der Waals surface area contributed by atoms with Gasteiger partial charge in [0.15, 0.2) is 0 Å². The van der Waals surface area contributed by atoms with Gasteiger partial charge >= 0.3 is 0 Å². The van der Waals surface area contributed by atoms with Gasteiger partial charge < -0.3 is 5.32 Å². The summed E-state index contributed by atoms with van der Waals surface area (Å²) in [5.74, 6) is 1.54. The van der Waals surface area contributed by atoms with Gasteiger partial charge in [-0.25, -0.2) is 4.98 Å². The van der Waals surface area contributed by atoms with Crippen molar-refractivity contribution < 1.29 is 0 Å². The van der Waals surface area contributed by atoms with Crippen molar-refractivity contribution in [3.05, 3.63) is 34.9 Å². The standard InChI is InChI=1S/C17H24N2/c1-6-7-18-17-15(11(2)3)10-14-9-12(4)8-13(5)16(14)19-17/h8-11H,6-7H2,1-5H3,(H,18,19). The van der Waals surface area contributed by atoms with Crippen LogP contribution in [0.4, 0.5) is 5.82 Å². The van der Waals surface area contributed by atoms with Gasteiger partial charge in [-0.05, 0) is 49.4 Å². The van der Waals surface area contributed by atoms with Crippen molar-refractivity contribution >= 4 is 16.7 Å². The molecular formula is C17H24N2. The zero-order chi connectivity index (χ0) is 14.0. The van der Waals surface area contributed by atoms with E-state index in [2.05, 4.69) is 58.1 Å². The molecule has 0 unspecified atom stereocenters. The van der Waals surface area contributed by atoms with E-state index in [0.717, 1.165) is 24.3 Å². The Hall–Kier alpha value is -1.57. The van der Waals surface area contributed by atoms with Gasteiger partial charge in [0, 0.05) is 11.9 Å². The maximum absolute atomic E-state index is 4.86. The second kappa shape index (κ2) is 5.60. The van der Waals surface area contributed by atoms with E-state index in [9.17, 15) is 0 Å². The summed E-state index contributed by atoms with van der Waals surface area (Å²) in [6, 6.07) is 6.73. The zero-order valence-corrected chi connectivity index (χ0v) is 12.7. The smallest absolute Gasteiger partial charge is 0.130 e. The van der Waals surface area contributed by atoms with Crippen molar-refractivity contribution in [2.24, 2.45) is 0 Å². The highest BCUT2D eigenvalue weighted by atomic mass is 15.0. The van der Waals surface area contributed by atoms with E-state index in [1.807, 2.05) is 0 Å². The van der Waals surface area contributed by atoms with Crippen LogP contribution in [0.3, 0.4) is 0 Å². The predicted molar refractivity (Wildman–Crippen MR) is 84.1 cm³/mol. The molecule has 1 heterocycles. The van der Waals surface area contributed by atoms with E-state index in [4.69, 9.17) is 4.98 Å². The molecule has 2 nitrogen and oxygen atoms in total. The summed E-state index contributed by atoms with van der Waals surface area (Å²) in [5.41, 5.74) is 4.99. The van der Waals surface area contributed by atoms with Crippen LogP contribution < -0.4 is 5.32 Å². The van der Waals surface area contributed by atoms with Crippen LogP contribution in [0.5, 0.6) is 0 Å². The quantitative estimate of drug-likeness (QED) is 0.850. The molecule has 1 aromatic heterocycles. The van der Waals surface area contributed by atoms with Crippen LogP contribution >= 0.6 is 0 Å². The molecule has 1 aromatic carbocycles. The molecule has 0 aliphatic carbocycles. The molecule has 0 aliphatic rings. The van der Waals surface area contributed by atoms with E-state index >= 15 is 0 Å². The lowest BCUT2D eigenvalue weighted by atomic mass is 9.99. The molecule has 19 heavy (non-hydrogen) atoms. The maximum Gasteiger partial charge on any atom is 0.130 e. The van der Waals surface area contributed by atoms with E-state index in [1.54, 1.807) is 0 Å². The summed E-state index contributed by atoms with van der Waals surface area (Å²) in [5, 5.41) is 4.72. The van der Waals surface area contributed by atoms with Crippen molar-refractivity contribution in [3.8, 4) is 0 Å². The van der Waals surface area contributed by atoms with Crippen LogP contribution in [0.1, 0.15) is 49.8 Å². The van der Waals surface area contributed by atoms with E-state index < -0.39 is 0 Å². The first kappa shape index (κ1) is 13.9. The van der Waals surface area contributed by atoms with Crippen molar-refractivity contribution in [3.63, 3.8) is 0 Å². The van der Waals surface area contributed by atoms with Crippen molar-refractivity contribution in [2.45, 2.75) is 47.0 Å². The third-order valence-corrected chi connectivity index (χ3v) is 3.45. The molecule has 0 atom stereocenters. The number of fused-ring (bicyclic) bond motifs is 1. The first-order valence-electron chi connectivity index (χ1n) is 7.18. The highest BCUT2D eigenvalue weighted by Gasteiger charge is 2.11. The lowest BCUT2D eigenvalue weighted by Crippen LogP contribution is -2.07. The Balaban J connectivity index is 2.62. The molecule has 2 rings (SSSR count). The lowest BCUT2D eigenvalue weighted by Gasteiger charge is -2.16. The molecule has 0 saturated carbocycles. The Morgan fingerprint density at radius 3 is 2.53 bits per heavy atom. The SMILES string of the molecule is CCCNc1nc2c(C)cc(C)cc2cc1C(C)C. The van der Waals surface area contributed by atoms with Crippen molar-refractivity contribution in [2.75, 3.05) is 11.9 Å². The van der Waals surface area contributed by atoms with Gasteiger partial charge in [-0.15, -0.1) is 0 Å². The number of aryl methyl sites for hydroxylation is 2. The third kappa shape index (κ3) is 2.89. The molecule has 0 amide bonds. The molecular weight excluding hydrogens is 232 g/mol. The minimum absolute atomic E-state index is 0.483. The summed E-state index contributed by atoms with van der Waals surface area (Å²) >= 11 is 0. The van der Waals surface area contributed by atoms with Crippen molar-refractivity contribution in [1.82, 2.24) is 4.98 Å². The molecule has 0 saturated heterocycles. The van der Waals surface area contributed by atoms with Crippen LogP contribution in [-0.2, 0) is 0 Å². The molecule has 1 N–H and O–H groups in total. The van der Waals surface area contributed by atoms with Crippen LogP contribution in [0.2, 0.25) is 0 Å². The largest absolute Gasteiger partial charge is 0.370 e. The Labute approximate surface area is 116 Å². The Morgan fingerprint density at radius 2 is 1.89 bits per heavy atom. The second-order valence-electron chi connectivity index (χ2n) is 5.66. The van der Waals surface area contributed by atoms with Gasteiger partial charge in [0.25, 0.3) is 0 Å². The fourth-order valence-electron chi connectivity index (χ4n) is 2.49. The lowest BCUT2D eigenvalue weighted by molar-refractivity contribution is 0.856. The fourth-order valence-corrected chi connectivity index (χ4v) is 2.49. The summed E-state index contributed by atoms with van der Waals surface area (Å²) in [4.78, 5) is 4.86. The Kier molecular flexibility index (Phi) is 4.08. The first-order valence-corrected chi connectivity index (χ1v) is 7.18. The number of anilines is 1. The van der Waals surface area contributed by atoms with Crippen LogP contribution in [-0.4, -0.2) is 11.5 Å². The summed E-state index contributed by atoms with van der Waals surface area (Å²) < 4.78 is 0. The number of benzene rings is 1. The number of rotatable bonds is 4. The third-order valence-electron chi connectivity index (χ3n) is 3.45. The van der Waals surface area contributed by atoms with E-state index in [-0.39, 0.29) is 0 Å².